The fourth-order valence-corrected chi connectivity index (χ4v) is 13.9. The summed E-state index contributed by atoms with van der Waals surface area (Å²) in [6.07, 6.45) is 6.62. The van der Waals surface area contributed by atoms with Crippen molar-refractivity contribution in [3.63, 3.8) is 0 Å². The van der Waals surface area contributed by atoms with Gasteiger partial charge in [-0.1, -0.05) is 58.7 Å². The molecule has 47 heavy (non-hydrogen) atoms. The normalized spacial score (nSPS) is 26.9. The van der Waals surface area contributed by atoms with Gasteiger partial charge < -0.3 is 19.1 Å². The van der Waals surface area contributed by atoms with E-state index in [1.54, 1.807) is 38.1 Å². The molecule has 1 aromatic carbocycles. The molecule has 0 heterocycles. The quantitative estimate of drug-likeness (QED) is 0.176. The summed E-state index contributed by atoms with van der Waals surface area (Å²) in [6.45, 7) is 28.1. The van der Waals surface area contributed by atoms with Gasteiger partial charge in [0.25, 0.3) is 0 Å². The first-order valence-corrected chi connectivity index (χ1v) is 26.1. The smallest absolute Gasteiger partial charge is 0.192 e. The van der Waals surface area contributed by atoms with Crippen molar-refractivity contribution < 1.29 is 27.5 Å². The fraction of sp³-hybridized carbons (Fsp3) is 0.842. The standard InChI is InChI=1S/C38H70O6SSi2/c1-35(2,3)47(12,13)43-32-22-18-26-38(8)30(23-24-31(32)38)29(21-17-25-36(4,5)44-46(9,10)11)33(27-34(39)37(6,7)40)45(41,42)28-19-15-14-16-20-28/h14-16,19-20,29-34,39-40H,17-18,21-27H2,1-13H3/t29-,30-,31?,32+,33-,34-,38?/m1/s1. The van der Waals surface area contributed by atoms with Crippen LogP contribution in [0.25, 0.3) is 0 Å². The summed E-state index contributed by atoms with van der Waals surface area (Å²) >= 11 is 0. The molecule has 0 amide bonds. The summed E-state index contributed by atoms with van der Waals surface area (Å²) in [4.78, 5) is 0.294. The molecule has 9 heteroatoms. The summed E-state index contributed by atoms with van der Waals surface area (Å²) in [5, 5.41) is 21.5. The Morgan fingerprint density at radius 1 is 0.957 bits per heavy atom. The maximum absolute atomic E-state index is 14.7. The van der Waals surface area contributed by atoms with E-state index in [4.69, 9.17) is 8.85 Å². The Balaban J connectivity index is 2.09. The van der Waals surface area contributed by atoms with Gasteiger partial charge in [0.15, 0.2) is 26.5 Å². The van der Waals surface area contributed by atoms with E-state index in [9.17, 15) is 18.6 Å². The van der Waals surface area contributed by atoms with Crippen molar-refractivity contribution in [3.8, 4) is 0 Å². The maximum atomic E-state index is 14.7. The van der Waals surface area contributed by atoms with Crippen LogP contribution in [-0.2, 0) is 18.7 Å². The molecule has 0 aromatic heterocycles. The molecular weight excluding hydrogens is 641 g/mol. The van der Waals surface area contributed by atoms with Gasteiger partial charge in [0.2, 0.25) is 0 Å². The zero-order valence-electron chi connectivity index (χ0n) is 32.2. The predicted molar refractivity (Wildman–Crippen MR) is 200 cm³/mol. The lowest BCUT2D eigenvalue weighted by molar-refractivity contribution is -0.0583. The van der Waals surface area contributed by atoms with E-state index in [1.165, 1.54) is 0 Å². The van der Waals surface area contributed by atoms with Crippen LogP contribution in [0.5, 0.6) is 0 Å². The number of fused-ring (bicyclic) bond motifs is 1. The summed E-state index contributed by atoms with van der Waals surface area (Å²) in [7, 11) is -7.61. The molecule has 2 aliphatic carbocycles. The molecule has 0 bridgehead atoms. The Morgan fingerprint density at radius 2 is 1.55 bits per heavy atom. The van der Waals surface area contributed by atoms with E-state index >= 15 is 0 Å². The molecule has 3 rings (SSSR count). The number of hydrogen-bond donors (Lipinski definition) is 2. The number of rotatable bonds is 15. The second kappa shape index (κ2) is 14.6. The van der Waals surface area contributed by atoms with Crippen LogP contribution in [0.15, 0.2) is 35.2 Å². The molecule has 2 N–H and O–H groups in total. The van der Waals surface area contributed by atoms with E-state index in [2.05, 4.69) is 74.3 Å². The number of aliphatic hydroxyl groups excluding tert-OH is 1. The van der Waals surface area contributed by atoms with E-state index < -0.39 is 43.4 Å². The third kappa shape index (κ3) is 10.0. The Hall–Kier alpha value is -0.556. The molecule has 272 valence electrons. The van der Waals surface area contributed by atoms with E-state index in [1.807, 2.05) is 6.07 Å². The lowest BCUT2D eigenvalue weighted by atomic mass is 9.60. The molecule has 0 saturated heterocycles. The van der Waals surface area contributed by atoms with Crippen molar-refractivity contribution in [2.75, 3.05) is 0 Å². The van der Waals surface area contributed by atoms with Crippen LogP contribution >= 0.6 is 0 Å². The van der Waals surface area contributed by atoms with Crippen molar-refractivity contribution >= 4 is 26.5 Å². The van der Waals surface area contributed by atoms with Crippen molar-refractivity contribution in [2.45, 2.75) is 185 Å². The summed E-state index contributed by atoms with van der Waals surface area (Å²) in [5.41, 5.74) is -1.79. The molecule has 2 aliphatic rings. The van der Waals surface area contributed by atoms with Crippen LogP contribution in [0.1, 0.15) is 113 Å². The lowest BCUT2D eigenvalue weighted by Crippen LogP contribution is -2.51. The van der Waals surface area contributed by atoms with Crippen molar-refractivity contribution in [1.29, 1.82) is 0 Å². The Labute approximate surface area is 291 Å². The van der Waals surface area contributed by atoms with Gasteiger partial charge in [-0.25, -0.2) is 8.42 Å². The van der Waals surface area contributed by atoms with Crippen LogP contribution in [0.3, 0.4) is 0 Å². The largest absolute Gasteiger partial charge is 0.414 e. The third-order valence-corrected chi connectivity index (χ3v) is 20.0. The first kappa shape index (κ1) is 40.9. The molecule has 1 aromatic rings. The van der Waals surface area contributed by atoms with Gasteiger partial charge in [-0.3, -0.25) is 0 Å². The average Bonchev–Trinajstić information content (AvgIpc) is 3.25. The topological polar surface area (TPSA) is 93.1 Å². The molecule has 2 fully saturated rings. The van der Waals surface area contributed by atoms with Gasteiger partial charge in [0, 0.05) is 6.10 Å². The molecule has 0 aliphatic heterocycles. The zero-order valence-corrected chi connectivity index (χ0v) is 35.0. The fourth-order valence-electron chi connectivity index (χ4n) is 8.67. The van der Waals surface area contributed by atoms with Gasteiger partial charge in [0.05, 0.1) is 27.5 Å². The third-order valence-electron chi connectivity index (χ3n) is 12.0. The Kier molecular flexibility index (Phi) is 12.7. The number of hydrogen-bond acceptors (Lipinski definition) is 6. The molecule has 2 unspecified atom stereocenters. The Bertz CT molecular complexity index is 1260. The van der Waals surface area contributed by atoms with Crippen LogP contribution in [0.4, 0.5) is 0 Å². The molecule has 2 saturated carbocycles. The molecule has 0 radical (unpaired) electrons. The number of benzene rings is 1. The summed E-state index contributed by atoms with van der Waals surface area (Å²) < 4.78 is 43.2. The Morgan fingerprint density at radius 3 is 2.09 bits per heavy atom. The van der Waals surface area contributed by atoms with Gasteiger partial charge in [0.1, 0.15) is 0 Å². The minimum atomic E-state index is -3.83. The van der Waals surface area contributed by atoms with Crippen LogP contribution in [-0.4, -0.2) is 63.9 Å². The molecule has 0 spiro atoms. The second-order valence-electron chi connectivity index (χ2n) is 18.9. The highest BCUT2D eigenvalue weighted by Gasteiger charge is 2.57. The SMILES string of the molecule is CC(C)(CCC[C@H]([C@H]1CCC2[C@@H](O[Si](C)(C)C(C)(C)C)CCCC21C)[C@@H](C[C@@H](O)C(C)(C)O)S(=O)(=O)c1ccccc1)O[Si](C)(C)C. The number of sulfone groups is 1. The van der Waals surface area contributed by atoms with Crippen LogP contribution in [0.2, 0.25) is 37.8 Å². The average molecular weight is 711 g/mol. The van der Waals surface area contributed by atoms with Crippen LogP contribution < -0.4 is 0 Å². The van der Waals surface area contributed by atoms with Crippen molar-refractivity contribution in [3.05, 3.63) is 30.3 Å². The minimum Gasteiger partial charge on any atom is -0.414 e. The zero-order chi connectivity index (χ0) is 35.9. The molecule has 7 atom stereocenters. The van der Waals surface area contributed by atoms with E-state index in [0.717, 1.165) is 51.4 Å². The summed E-state index contributed by atoms with van der Waals surface area (Å²) in [6, 6.07) is 8.76. The van der Waals surface area contributed by atoms with E-state index in [-0.39, 0.29) is 40.4 Å². The second-order valence-corrected chi connectivity index (χ2v) is 30.3. The van der Waals surface area contributed by atoms with Crippen molar-refractivity contribution in [1.82, 2.24) is 0 Å². The summed E-state index contributed by atoms with van der Waals surface area (Å²) in [5.74, 6) is 0.363. The van der Waals surface area contributed by atoms with Gasteiger partial charge in [-0.15, -0.1) is 0 Å². The van der Waals surface area contributed by atoms with Crippen LogP contribution in [0, 0.1) is 23.2 Å². The highest BCUT2D eigenvalue weighted by Crippen LogP contribution is 2.61. The minimum absolute atomic E-state index is 0.00133. The lowest BCUT2D eigenvalue weighted by Gasteiger charge is -2.51. The van der Waals surface area contributed by atoms with Gasteiger partial charge in [-0.2, -0.15) is 0 Å². The number of aliphatic hydroxyl groups is 2. The van der Waals surface area contributed by atoms with Gasteiger partial charge in [-0.05, 0) is 146 Å². The first-order chi connectivity index (χ1) is 21.2. The monoisotopic (exact) mass is 710 g/mol. The first-order valence-electron chi connectivity index (χ1n) is 18.3. The predicted octanol–water partition coefficient (Wildman–Crippen LogP) is 9.37. The highest BCUT2D eigenvalue weighted by molar-refractivity contribution is 7.92. The maximum Gasteiger partial charge on any atom is 0.192 e. The molecule has 6 nitrogen and oxygen atoms in total. The van der Waals surface area contributed by atoms with Gasteiger partial charge >= 0.3 is 0 Å². The van der Waals surface area contributed by atoms with Crippen molar-refractivity contribution in [2.24, 2.45) is 23.2 Å². The highest BCUT2D eigenvalue weighted by atomic mass is 32.2. The molecular formula is C38H70O6SSi2. The van der Waals surface area contributed by atoms with E-state index in [0.29, 0.717) is 10.8 Å².